The smallest absolute Gasteiger partial charge is 0.106 e. The number of hydrogen-bond acceptors (Lipinski definition) is 3. The van der Waals surface area contributed by atoms with Crippen LogP contribution in [0.5, 0.6) is 0 Å². The molecule has 0 aliphatic heterocycles. The lowest BCUT2D eigenvalue weighted by atomic mass is 9.83. The first kappa shape index (κ1) is 14.0. The fourth-order valence-corrected chi connectivity index (χ4v) is 2.98. The number of hydrogen-bond donors (Lipinski definition) is 1. The van der Waals surface area contributed by atoms with Gasteiger partial charge in [-0.1, -0.05) is 37.5 Å². The van der Waals surface area contributed by atoms with Gasteiger partial charge in [0, 0.05) is 0 Å². The first-order chi connectivity index (χ1) is 10.4. The molecule has 1 heterocycles. The summed E-state index contributed by atoms with van der Waals surface area (Å²) in [6.45, 7) is 0.114. The Hall–Kier alpha value is -1.94. The van der Waals surface area contributed by atoms with E-state index in [1.165, 1.54) is 32.1 Å². The minimum Gasteiger partial charge on any atom is -0.392 e. The Morgan fingerprint density at radius 2 is 1.95 bits per heavy atom. The van der Waals surface area contributed by atoms with E-state index < -0.39 is 0 Å². The van der Waals surface area contributed by atoms with Gasteiger partial charge in [-0.3, -0.25) is 0 Å². The van der Waals surface area contributed by atoms with Crippen LogP contribution >= 0.6 is 0 Å². The standard InChI is InChI=1S/C17H21N3O/c21-13-15(14-7-3-1-4-8-14)11-16-12-18-20(19-16)17-9-5-2-6-10-17/h2,5-6,9-12,14,21H,1,3-4,7-8,13H2/b15-11-. The third-order valence-corrected chi connectivity index (χ3v) is 4.14. The average Bonchev–Trinajstić information content (AvgIpc) is 3.03. The zero-order valence-corrected chi connectivity index (χ0v) is 12.2. The van der Waals surface area contributed by atoms with Gasteiger partial charge in [0.25, 0.3) is 0 Å². The van der Waals surface area contributed by atoms with Gasteiger partial charge in [-0.2, -0.15) is 9.90 Å². The molecule has 21 heavy (non-hydrogen) atoms. The first-order valence-electron chi connectivity index (χ1n) is 7.66. The fraction of sp³-hybridized carbons (Fsp3) is 0.412. The predicted molar refractivity (Wildman–Crippen MR) is 83.0 cm³/mol. The molecule has 110 valence electrons. The molecule has 1 aromatic carbocycles. The fourth-order valence-electron chi connectivity index (χ4n) is 2.98. The van der Waals surface area contributed by atoms with E-state index in [0.29, 0.717) is 5.92 Å². The largest absolute Gasteiger partial charge is 0.392 e. The van der Waals surface area contributed by atoms with Crippen molar-refractivity contribution < 1.29 is 5.11 Å². The topological polar surface area (TPSA) is 50.9 Å². The number of aliphatic hydroxyl groups excluding tert-OH is 1. The first-order valence-corrected chi connectivity index (χ1v) is 7.66. The monoisotopic (exact) mass is 283 g/mol. The molecular weight excluding hydrogens is 262 g/mol. The van der Waals surface area contributed by atoms with Gasteiger partial charge in [0.1, 0.15) is 5.69 Å². The molecule has 1 N–H and O–H groups in total. The van der Waals surface area contributed by atoms with Crippen LogP contribution < -0.4 is 0 Å². The molecule has 2 aromatic rings. The number of aliphatic hydroxyl groups is 1. The normalized spacial score (nSPS) is 17.1. The summed E-state index contributed by atoms with van der Waals surface area (Å²) in [5.41, 5.74) is 2.85. The van der Waals surface area contributed by atoms with Gasteiger partial charge < -0.3 is 5.11 Å². The Morgan fingerprint density at radius 3 is 2.67 bits per heavy atom. The van der Waals surface area contributed by atoms with Gasteiger partial charge in [0.2, 0.25) is 0 Å². The summed E-state index contributed by atoms with van der Waals surface area (Å²) < 4.78 is 0. The van der Waals surface area contributed by atoms with Crippen LogP contribution in [0.3, 0.4) is 0 Å². The van der Waals surface area contributed by atoms with Gasteiger partial charge in [-0.15, -0.1) is 5.10 Å². The molecule has 1 saturated carbocycles. The molecule has 0 radical (unpaired) electrons. The Morgan fingerprint density at radius 1 is 1.19 bits per heavy atom. The maximum atomic E-state index is 9.64. The minimum atomic E-state index is 0.114. The van der Waals surface area contributed by atoms with Gasteiger partial charge in [0.15, 0.2) is 0 Å². The summed E-state index contributed by atoms with van der Waals surface area (Å²) in [7, 11) is 0. The van der Waals surface area contributed by atoms with Crippen molar-refractivity contribution >= 4 is 6.08 Å². The highest BCUT2D eigenvalue weighted by molar-refractivity contribution is 5.49. The van der Waals surface area contributed by atoms with Crippen molar-refractivity contribution in [2.45, 2.75) is 32.1 Å². The van der Waals surface area contributed by atoms with Crippen LogP contribution in [0.25, 0.3) is 11.8 Å². The van der Waals surface area contributed by atoms with Crippen LogP contribution in [0.2, 0.25) is 0 Å². The van der Waals surface area contributed by atoms with Crippen LogP contribution in [0.4, 0.5) is 0 Å². The highest BCUT2D eigenvalue weighted by Gasteiger charge is 2.17. The van der Waals surface area contributed by atoms with E-state index in [4.69, 9.17) is 0 Å². The highest BCUT2D eigenvalue weighted by Crippen LogP contribution is 2.30. The maximum absolute atomic E-state index is 9.64. The zero-order chi connectivity index (χ0) is 14.5. The van der Waals surface area contributed by atoms with E-state index in [-0.39, 0.29) is 6.61 Å². The molecule has 1 aliphatic rings. The molecule has 4 nitrogen and oxygen atoms in total. The molecule has 1 aliphatic carbocycles. The van der Waals surface area contributed by atoms with Crippen molar-refractivity contribution in [1.29, 1.82) is 0 Å². The van der Waals surface area contributed by atoms with Crippen LogP contribution in [-0.2, 0) is 0 Å². The van der Waals surface area contributed by atoms with Gasteiger partial charge in [-0.05, 0) is 42.5 Å². The Labute approximate surface area is 125 Å². The second-order valence-corrected chi connectivity index (χ2v) is 5.61. The van der Waals surface area contributed by atoms with Crippen LogP contribution in [0.15, 0.2) is 42.1 Å². The Kier molecular flexibility index (Phi) is 4.46. The van der Waals surface area contributed by atoms with E-state index in [2.05, 4.69) is 10.2 Å². The van der Waals surface area contributed by atoms with Crippen molar-refractivity contribution in [2.75, 3.05) is 6.61 Å². The molecule has 4 heteroatoms. The van der Waals surface area contributed by atoms with Crippen LogP contribution in [0.1, 0.15) is 37.8 Å². The summed E-state index contributed by atoms with van der Waals surface area (Å²) in [6, 6.07) is 9.86. The van der Waals surface area contributed by atoms with Gasteiger partial charge >= 0.3 is 0 Å². The maximum Gasteiger partial charge on any atom is 0.106 e. The van der Waals surface area contributed by atoms with Crippen LogP contribution in [0, 0.1) is 5.92 Å². The highest BCUT2D eigenvalue weighted by atomic mass is 16.3. The summed E-state index contributed by atoms with van der Waals surface area (Å²) in [5.74, 6) is 0.505. The average molecular weight is 283 g/mol. The Bertz CT molecular complexity index is 598. The molecular formula is C17H21N3O. The number of aromatic nitrogens is 3. The van der Waals surface area contributed by atoms with Crippen molar-refractivity contribution in [3.05, 3.63) is 47.8 Å². The summed E-state index contributed by atoms with van der Waals surface area (Å²) in [5, 5.41) is 18.4. The molecule has 0 unspecified atom stereocenters. The van der Waals surface area contributed by atoms with Gasteiger partial charge in [0.05, 0.1) is 18.5 Å². The molecule has 1 fully saturated rings. The second kappa shape index (κ2) is 6.68. The summed E-state index contributed by atoms with van der Waals surface area (Å²) in [6.07, 6.45) is 9.96. The quantitative estimate of drug-likeness (QED) is 0.937. The molecule has 0 spiro atoms. The number of para-hydroxylation sites is 1. The minimum absolute atomic E-state index is 0.114. The van der Waals surface area contributed by atoms with E-state index in [1.54, 1.807) is 11.0 Å². The lowest BCUT2D eigenvalue weighted by Gasteiger charge is -2.23. The van der Waals surface area contributed by atoms with Crippen molar-refractivity contribution in [1.82, 2.24) is 15.0 Å². The van der Waals surface area contributed by atoms with Gasteiger partial charge in [-0.25, -0.2) is 0 Å². The predicted octanol–water partition coefficient (Wildman–Crippen LogP) is 3.22. The van der Waals surface area contributed by atoms with E-state index in [9.17, 15) is 5.11 Å². The van der Waals surface area contributed by atoms with Crippen molar-refractivity contribution in [3.63, 3.8) is 0 Å². The van der Waals surface area contributed by atoms with E-state index in [0.717, 1.165) is 17.0 Å². The van der Waals surface area contributed by atoms with Crippen LogP contribution in [-0.4, -0.2) is 26.7 Å². The molecule has 1 aromatic heterocycles. The van der Waals surface area contributed by atoms with Crippen molar-refractivity contribution in [3.8, 4) is 5.69 Å². The molecule has 0 atom stereocenters. The number of rotatable bonds is 4. The lowest BCUT2D eigenvalue weighted by molar-refractivity contribution is 0.295. The third-order valence-electron chi connectivity index (χ3n) is 4.14. The van der Waals surface area contributed by atoms with E-state index >= 15 is 0 Å². The Balaban J connectivity index is 1.80. The SMILES string of the molecule is OC/C(=C/c1cnn(-c2ccccc2)n1)C1CCCCC1. The summed E-state index contributed by atoms with van der Waals surface area (Å²) >= 11 is 0. The lowest BCUT2D eigenvalue weighted by Crippen LogP contribution is -2.11. The molecule has 3 rings (SSSR count). The van der Waals surface area contributed by atoms with E-state index in [1.807, 2.05) is 36.4 Å². The number of nitrogens with zero attached hydrogens (tertiary/aromatic N) is 3. The molecule has 0 bridgehead atoms. The third kappa shape index (κ3) is 3.39. The van der Waals surface area contributed by atoms with Crippen molar-refractivity contribution in [2.24, 2.45) is 5.92 Å². The zero-order valence-electron chi connectivity index (χ0n) is 12.2. The molecule has 0 saturated heterocycles. The number of benzene rings is 1. The summed E-state index contributed by atoms with van der Waals surface area (Å²) in [4.78, 5) is 1.63. The second-order valence-electron chi connectivity index (χ2n) is 5.61. The molecule has 0 amide bonds.